The highest BCUT2D eigenvalue weighted by atomic mass is 32.2. The first-order chi connectivity index (χ1) is 13.7. The normalized spacial score (nSPS) is 42.1. The molecule has 0 spiro atoms. The minimum absolute atomic E-state index is 0.264. The van der Waals surface area contributed by atoms with E-state index in [0.717, 1.165) is 25.2 Å². The van der Waals surface area contributed by atoms with E-state index in [4.69, 9.17) is 0 Å². The van der Waals surface area contributed by atoms with Crippen LogP contribution in [0.2, 0.25) is 0 Å². The fraction of sp³-hybridized carbons (Fsp3) is 0.818. The van der Waals surface area contributed by atoms with Gasteiger partial charge in [0.25, 0.3) is 0 Å². The van der Waals surface area contributed by atoms with E-state index in [2.05, 4.69) is 16.3 Å². The van der Waals surface area contributed by atoms with Gasteiger partial charge in [-0.1, -0.05) is 17.7 Å². The Morgan fingerprint density at radius 1 is 0.966 bits per heavy atom. The van der Waals surface area contributed by atoms with Crippen molar-refractivity contribution in [3.05, 3.63) is 23.3 Å². The number of halogens is 3. The van der Waals surface area contributed by atoms with Crippen molar-refractivity contribution in [3.8, 4) is 0 Å². The van der Waals surface area contributed by atoms with Crippen molar-refractivity contribution in [3.63, 3.8) is 0 Å². The Hall–Kier alpha value is -0.820. The van der Waals surface area contributed by atoms with Crippen molar-refractivity contribution in [2.75, 3.05) is 0 Å². The van der Waals surface area contributed by atoms with Crippen molar-refractivity contribution < 1.29 is 25.8 Å². The summed E-state index contributed by atoms with van der Waals surface area (Å²) in [5, 5.41) is 0. The van der Waals surface area contributed by atoms with Crippen LogP contribution < -0.4 is 0 Å². The van der Waals surface area contributed by atoms with Gasteiger partial charge in [0, 0.05) is 0 Å². The second-order valence-electron chi connectivity index (χ2n) is 9.79. The van der Waals surface area contributed by atoms with Gasteiger partial charge in [-0.05, 0) is 105 Å². The van der Waals surface area contributed by atoms with Crippen LogP contribution in [0.15, 0.2) is 23.3 Å². The molecular weight excluding hydrogens is 401 g/mol. The standard InChI is InChI=1S/C22H29F3O3S/c23-22(24,25)29(26,27)28-15-6-9-17-14(12-15)5-8-21-19(17)11-10-18-16-3-1-2-13(16)4-7-20(18)21/h10-11,13-15,17,19-21H,1-9,12H2. The van der Waals surface area contributed by atoms with Gasteiger partial charge in [0.15, 0.2) is 0 Å². The number of fused-ring (bicyclic) bond motifs is 6. The maximum absolute atomic E-state index is 12.7. The third kappa shape index (κ3) is 3.40. The van der Waals surface area contributed by atoms with Crippen LogP contribution in [-0.4, -0.2) is 20.0 Å². The van der Waals surface area contributed by atoms with Crippen molar-refractivity contribution in [2.24, 2.45) is 35.5 Å². The Morgan fingerprint density at radius 3 is 2.55 bits per heavy atom. The fourth-order valence-electron chi connectivity index (χ4n) is 7.36. The molecule has 3 saturated carbocycles. The molecule has 29 heavy (non-hydrogen) atoms. The molecule has 0 aromatic carbocycles. The Bertz CT molecular complexity index is 829. The van der Waals surface area contributed by atoms with Crippen LogP contribution in [0.25, 0.3) is 0 Å². The minimum atomic E-state index is -5.50. The number of alkyl halides is 3. The lowest BCUT2D eigenvalue weighted by Crippen LogP contribution is -2.44. The number of rotatable bonds is 2. The molecule has 0 heterocycles. The summed E-state index contributed by atoms with van der Waals surface area (Å²) in [4.78, 5) is 0. The van der Waals surface area contributed by atoms with Gasteiger partial charge in [0.1, 0.15) is 0 Å². The minimum Gasteiger partial charge on any atom is -0.260 e. The van der Waals surface area contributed by atoms with E-state index in [-0.39, 0.29) is 5.92 Å². The van der Waals surface area contributed by atoms with Crippen molar-refractivity contribution in [2.45, 2.75) is 75.8 Å². The van der Waals surface area contributed by atoms with E-state index < -0.39 is 21.7 Å². The largest absolute Gasteiger partial charge is 0.523 e. The van der Waals surface area contributed by atoms with Crippen LogP contribution in [0.3, 0.4) is 0 Å². The molecule has 0 aromatic heterocycles. The first-order valence-corrected chi connectivity index (χ1v) is 12.6. The van der Waals surface area contributed by atoms with E-state index in [1.54, 1.807) is 11.1 Å². The third-order valence-electron chi connectivity index (χ3n) is 8.50. The first-order valence-electron chi connectivity index (χ1n) is 11.2. The molecule has 0 aliphatic heterocycles. The summed E-state index contributed by atoms with van der Waals surface area (Å²) in [5.74, 6) is 3.33. The van der Waals surface area contributed by atoms with Gasteiger partial charge in [-0.15, -0.1) is 0 Å². The summed E-state index contributed by atoms with van der Waals surface area (Å²) in [6.45, 7) is 0. The van der Waals surface area contributed by atoms with Gasteiger partial charge < -0.3 is 0 Å². The number of allylic oxidation sites excluding steroid dienone is 4. The molecule has 0 bridgehead atoms. The average Bonchev–Trinajstić information content (AvgIpc) is 3.15. The molecule has 3 fully saturated rings. The smallest absolute Gasteiger partial charge is 0.260 e. The quantitative estimate of drug-likeness (QED) is 0.414. The summed E-state index contributed by atoms with van der Waals surface area (Å²) in [6, 6.07) is 0. The Kier molecular flexibility index (Phi) is 4.93. The molecule has 5 rings (SSSR count). The molecule has 7 atom stereocenters. The maximum Gasteiger partial charge on any atom is 0.523 e. The van der Waals surface area contributed by atoms with Crippen LogP contribution in [0.1, 0.15) is 64.2 Å². The molecule has 3 nitrogen and oxygen atoms in total. The van der Waals surface area contributed by atoms with Crippen LogP contribution >= 0.6 is 0 Å². The molecule has 0 saturated heterocycles. The molecule has 162 valence electrons. The van der Waals surface area contributed by atoms with Crippen LogP contribution in [0.4, 0.5) is 13.2 Å². The van der Waals surface area contributed by atoms with E-state index in [0.29, 0.717) is 36.5 Å². The second kappa shape index (κ2) is 7.11. The highest BCUT2D eigenvalue weighted by molar-refractivity contribution is 7.87. The monoisotopic (exact) mass is 430 g/mol. The second-order valence-corrected chi connectivity index (χ2v) is 11.3. The van der Waals surface area contributed by atoms with Crippen LogP contribution in [-0.2, 0) is 14.3 Å². The van der Waals surface area contributed by atoms with E-state index >= 15 is 0 Å². The van der Waals surface area contributed by atoms with Gasteiger partial charge in [-0.25, -0.2) is 0 Å². The lowest BCUT2D eigenvalue weighted by atomic mass is 9.54. The molecule has 0 aromatic rings. The van der Waals surface area contributed by atoms with Crippen molar-refractivity contribution >= 4 is 10.1 Å². The molecule has 0 radical (unpaired) electrons. The molecule has 0 N–H and O–H groups in total. The Balaban J connectivity index is 1.32. The Morgan fingerprint density at radius 2 is 1.76 bits per heavy atom. The zero-order chi connectivity index (χ0) is 20.4. The van der Waals surface area contributed by atoms with Crippen molar-refractivity contribution in [1.29, 1.82) is 0 Å². The molecule has 7 heteroatoms. The average molecular weight is 431 g/mol. The summed E-state index contributed by atoms with van der Waals surface area (Å²) in [5.41, 5.74) is -2.00. The van der Waals surface area contributed by atoms with Gasteiger partial charge in [-0.2, -0.15) is 21.6 Å². The molecule has 5 aliphatic carbocycles. The van der Waals surface area contributed by atoms with Crippen LogP contribution in [0.5, 0.6) is 0 Å². The SMILES string of the molecule is O=S(=O)(OC1CCC2C(CCC3C4CCC5CCCC5=C4C=CC23)C1)C(F)(F)F. The van der Waals surface area contributed by atoms with Gasteiger partial charge in [0.2, 0.25) is 0 Å². The highest BCUT2D eigenvalue weighted by Gasteiger charge is 2.51. The predicted octanol–water partition coefficient (Wildman–Crippen LogP) is 5.74. The maximum atomic E-state index is 12.7. The zero-order valence-electron chi connectivity index (χ0n) is 16.5. The third-order valence-corrected chi connectivity index (χ3v) is 9.59. The van der Waals surface area contributed by atoms with Gasteiger partial charge in [-0.3, -0.25) is 4.18 Å². The lowest BCUT2D eigenvalue weighted by Gasteiger charge is -2.51. The molecule has 7 unspecified atom stereocenters. The summed E-state index contributed by atoms with van der Waals surface area (Å²) < 4.78 is 65.4. The lowest BCUT2D eigenvalue weighted by molar-refractivity contribution is -0.0629. The van der Waals surface area contributed by atoms with E-state index in [1.165, 1.54) is 32.1 Å². The summed E-state index contributed by atoms with van der Waals surface area (Å²) in [6.07, 6.45) is 14.1. The van der Waals surface area contributed by atoms with E-state index in [1.807, 2.05) is 0 Å². The summed E-state index contributed by atoms with van der Waals surface area (Å²) >= 11 is 0. The number of hydrogen-bond acceptors (Lipinski definition) is 3. The Labute approximate surface area is 170 Å². The van der Waals surface area contributed by atoms with Crippen molar-refractivity contribution in [1.82, 2.24) is 0 Å². The van der Waals surface area contributed by atoms with Gasteiger partial charge in [0.05, 0.1) is 6.10 Å². The predicted molar refractivity (Wildman–Crippen MR) is 103 cm³/mol. The topological polar surface area (TPSA) is 43.4 Å². The van der Waals surface area contributed by atoms with Crippen LogP contribution in [0, 0.1) is 35.5 Å². The summed E-state index contributed by atoms with van der Waals surface area (Å²) in [7, 11) is -5.50. The highest BCUT2D eigenvalue weighted by Crippen LogP contribution is 2.57. The molecule has 0 amide bonds. The molecular formula is C22H29F3O3S. The zero-order valence-corrected chi connectivity index (χ0v) is 17.4. The first kappa shape index (κ1) is 20.1. The van der Waals surface area contributed by atoms with E-state index in [9.17, 15) is 21.6 Å². The van der Waals surface area contributed by atoms with Gasteiger partial charge >= 0.3 is 15.6 Å². The number of hydrogen-bond donors (Lipinski definition) is 0. The fourth-order valence-corrected chi connectivity index (χ4v) is 8.00. The molecule has 5 aliphatic rings.